The second-order valence-corrected chi connectivity index (χ2v) is 8.01. The first-order valence-electron chi connectivity index (χ1n) is 6.28. The maximum absolute atomic E-state index is 11.4. The van der Waals surface area contributed by atoms with Crippen LogP contribution in [0.2, 0.25) is 0 Å². The third-order valence-corrected chi connectivity index (χ3v) is 5.08. The standard InChI is InChI=1S/C13H19ClN2O2S/c1-13(2)11-16(19(14,17)18)9-8-15(13)10-12-6-4-3-5-7-12/h3-7H,8-11H2,1-2H3. The highest BCUT2D eigenvalue weighted by Crippen LogP contribution is 2.25. The van der Waals surface area contributed by atoms with E-state index in [1.807, 2.05) is 32.0 Å². The van der Waals surface area contributed by atoms with Crippen LogP contribution in [0, 0.1) is 0 Å². The minimum absolute atomic E-state index is 0.226. The minimum Gasteiger partial charge on any atom is -0.291 e. The van der Waals surface area contributed by atoms with Crippen molar-refractivity contribution in [1.82, 2.24) is 9.21 Å². The van der Waals surface area contributed by atoms with Gasteiger partial charge in [-0.25, -0.2) is 0 Å². The van der Waals surface area contributed by atoms with Crippen LogP contribution in [-0.4, -0.2) is 42.8 Å². The van der Waals surface area contributed by atoms with Gasteiger partial charge in [-0.2, -0.15) is 12.7 Å². The van der Waals surface area contributed by atoms with E-state index in [0.717, 1.165) is 6.54 Å². The molecule has 0 bridgehead atoms. The predicted molar refractivity (Wildman–Crippen MR) is 77.3 cm³/mol. The number of rotatable bonds is 3. The molecule has 0 spiro atoms. The third kappa shape index (κ3) is 3.69. The van der Waals surface area contributed by atoms with E-state index in [1.54, 1.807) is 0 Å². The Morgan fingerprint density at radius 2 is 1.84 bits per heavy atom. The fourth-order valence-electron chi connectivity index (χ4n) is 2.43. The molecule has 1 aromatic carbocycles. The van der Waals surface area contributed by atoms with Gasteiger partial charge in [-0.3, -0.25) is 4.90 Å². The second-order valence-electron chi connectivity index (χ2n) is 5.50. The van der Waals surface area contributed by atoms with Gasteiger partial charge in [0.2, 0.25) is 0 Å². The van der Waals surface area contributed by atoms with Crippen molar-refractivity contribution < 1.29 is 8.42 Å². The zero-order chi connectivity index (χ0) is 14.1. The maximum atomic E-state index is 11.4. The summed E-state index contributed by atoms with van der Waals surface area (Å²) in [4.78, 5) is 2.29. The van der Waals surface area contributed by atoms with Gasteiger partial charge in [0, 0.05) is 42.4 Å². The predicted octanol–water partition coefficient (Wildman–Crippen LogP) is 2.07. The lowest BCUT2D eigenvalue weighted by atomic mass is 9.99. The lowest BCUT2D eigenvalue weighted by Crippen LogP contribution is -2.59. The van der Waals surface area contributed by atoms with Crippen molar-refractivity contribution in [1.29, 1.82) is 0 Å². The van der Waals surface area contributed by atoms with E-state index in [9.17, 15) is 8.42 Å². The Kier molecular flexibility index (Phi) is 4.20. The lowest BCUT2D eigenvalue weighted by molar-refractivity contribution is 0.0482. The number of hydrogen-bond donors (Lipinski definition) is 0. The summed E-state index contributed by atoms with van der Waals surface area (Å²) in [6.07, 6.45) is 0. The number of nitrogens with zero attached hydrogens (tertiary/aromatic N) is 2. The smallest absolute Gasteiger partial charge is 0.291 e. The molecule has 0 amide bonds. The van der Waals surface area contributed by atoms with Crippen LogP contribution in [0.5, 0.6) is 0 Å². The summed E-state index contributed by atoms with van der Waals surface area (Å²) < 4.78 is 24.2. The molecule has 1 aliphatic heterocycles. The first kappa shape index (κ1) is 14.8. The van der Waals surface area contributed by atoms with Crippen molar-refractivity contribution in [2.45, 2.75) is 25.9 Å². The van der Waals surface area contributed by atoms with E-state index in [1.165, 1.54) is 9.87 Å². The molecule has 0 radical (unpaired) electrons. The van der Waals surface area contributed by atoms with Gasteiger partial charge in [-0.05, 0) is 19.4 Å². The third-order valence-electron chi connectivity index (χ3n) is 3.56. The van der Waals surface area contributed by atoms with Gasteiger partial charge in [0.25, 0.3) is 9.24 Å². The van der Waals surface area contributed by atoms with Crippen LogP contribution in [-0.2, 0) is 15.8 Å². The molecule has 1 fully saturated rings. The van der Waals surface area contributed by atoms with E-state index in [-0.39, 0.29) is 5.54 Å². The van der Waals surface area contributed by atoms with E-state index in [0.29, 0.717) is 19.6 Å². The van der Waals surface area contributed by atoms with Crippen LogP contribution in [0.1, 0.15) is 19.4 Å². The van der Waals surface area contributed by atoms with Crippen molar-refractivity contribution in [2.75, 3.05) is 19.6 Å². The summed E-state index contributed by atoms with van der Waals surface area (Å²) in [6, 6.07) is 10.2. The molecule has 19 heavy (non-hydrogen) atoms. The minimum atomic E-state index is -3.61. The van der Waals surface area contributed by atoms with Crippen molar-refractivity contribution in [3.8, 4) is 0 Å². The first-order chi connectivity index (χ1) is 8.79. The molecule has 1 aliphatic rings. The van der Waals surface area contributed by atoms with Crippen LogP contribution in [0.15, 0.2) is 30.3 Å². The number of piperazine rings is 1. The van der Waals surface area contributed by atoms with Crippen LogP contribution in [0.25, 0.3) is 0 Å². The Balaban J connectivity index is 2.09. The van der Waals surface area contributed by atoms with Gasteiger partial charge in [0.1, 0.15) is 0 Å². The van der Waals surface area contributed by atoms with Gasteiger partial charge in [-0.15, -0.1) is 0 Å². The zero-order valence-corrected chi connectivity index (χ0v) is 12.8. The summed E-state index contributed by atoms with van der Waals surface area (Å²) in [7, 11) is 1.81. The SMILES string of the molecule is CC1(C)CN(S(=O)(=O)Cl)CCN1Cc1ccccc1. The van der Waals surface area contributed by atoms with Gasteiger partial charge < -0.3 is 0 Å². The number of halogens is 1. The van der Waals surface area contributed by atoms with Crippen LogP contribution >= 0.6 is 10.7 Å². The molecule has 0 aliphatic carbocycles. The van der Waals surface area contributed by atoms with Crippen molar-refractivity contribution >= 4 is 19.9 Å². The quantitative estimate of drug-likeness (QED) is 0.803. The topological polar surface area (TPSA) is 40.6 Å². The Morgan fingerprint density at radius 3 is 2.37 bits per heavy atom. The zero-order valence-electron chi connectivity index (χ0n) is 11.2. The van der Waals surface area contributed by atoms with Gasteiger partial charge in [0.15, 0.2) is 0 Å². The summed E-state index contributed by atoms with van der Waals surface area (Å²) in [5.41, 5.74) is 1.01. The molecule has 0 unspecified atom stereocenters. The largest absolute Gasteiger partial charge is 0.299 e. The second kappa shape index (κ2) is 5.40. The molecule has 4 nitrogen and oxygen atoms in total. The monoisotopic (exact) mass is 302 g/mol. The molecule has 0 saturated carbocycles. The fraction of sp³-hybridized carbons (Fsp3) is 0.538. The van der Waals surface area contributed by atoms with E-state index in [4.69, 9.17) is 10.7 Å². The Hall–Kier alpha value is -0.620. The van der Waals surface area contributed by atoms with Crippen LogP contribution in [0.3, 0.4) is 0 Å². The molecular weight excluding hydrogens is 284 g/mol. The maximum Gasteiger partial charge on any atom is 0.299 e. The average Bonchev–Trinajstić information content (AvgIpc) is 2.31. The summed E-state index contributed by atoms with van der Waals surface area (Å²) in [5, 5.41) is 0. The molecule has 2 rings (SSSR count). The van der Waals surface area contributed by atoms with E-state index >= 15 is 0 Å². The first-order valence-corrected chi connectivity index (χ1v) is 8.54. The molecule has 1 saturated heterocycles. The molecule has 6 heteroatoms. The van der Waals surface area contributed by atoms with Crippen molar-refractivity contribution in [3.63, 3.8) is 0 Å². The van der Waals surface area contributed by atoms with Gasteiger partial charge in [0.05, 0.1) is 0 Å². The Labute approximate surface area is 119 Å². The molecule has 106 valence electrons. The van der Waals surface area contributed by atoms with Crippen LogP contribution in [0.4, 0.5) is 0 Å². The van der Waals surface area contributed by atoms with E-state index < -0.39 is 9.24 Å². The fourth-order valence-corrected chi connectivity index (χ4v) is 3.55. The summed E-state index contributed by atoms with van der Waals surface area (Å²) in [6.45, 7) is 6.47. The number of benzene rings is 1. The normalized spacial score (nSPS) is 21.4. The Morgan fingerprint density at radius 1 is 1.21 bits per heavy atom. The molecule has 0 aromatic heterocycles. The molecule has 1 heterocycles. The van der Waals surface area contributed by atoms with Crippen molar-refractivity contribution in [2.24, 2.45) is 0 Å². The molecule has 0 atom stereocenters. The highest BCUT2D eigenvalue weighted by atomic mass is 35.7. The van der Waals surface area contributed by atoms with Gasteiger partial charge in [-0.1, -0.05) is 30.3 Å². The Bertz CT molecular complexity index is 531. The van der Waals surface area contributed by atoms with E-state index in [2.05, 4.69) is 17.0 Å². The molecule has 1 aromatic rings. The highest BCUT2D eigenvalue weighted by molar-refractivity contribution is 8.11. The lowest BCUT2D eigenvalue weighted by Gasteiger charge is -2.45. The van der Waals surface area contributed by atoms with Gasteiger partial charge >= 0.3 is 0 Å². The molecular formula is C13H19ClN2O2S. The highest BCUT2D eigenvalue weighted by Gasteiger charge is 2.37. The average molecular weight is 303 g/mol. The van der Waals surface area contributed by atoms with Crippen LogP contribution < -0.4 is 0 Å². The molecule has 0 N–H and O–H groups in total. The van der Waals surface area contributed by atoms with Crippen molar-refractivity contribution in [3.05, 3.63) is 35.9 Å². The number of hydrogen-bond acceptors (Lipinski definition) is 3. The summed E-state index contributed by atoms with van der Waals surface area (Å²) >= 11 is 0. The summed E-state index contributed by atoms with van der Waals surface area (Å²) in [5.74, 6) is 0.